The Bertz CT molecular complexity index is 668. The Kier molecular flexibility index (Phi) is 5.57. The summed E-state index contributed by atoms with van der Waals surface area (Å²) in [5.74, 6) is 1.88. The Morgan fingerprint density at radius 1 is 1.23 bits per heavy atom. The van der Waals surface area contributed by atoms with Gasteiger partial charge in [0.1, 0.15) is 17.6 Å². The van der Waals surface area contributed by atoms with E-state index in [2.05, 4.69) is 11.4 Å². The van der Waals surface area contributed by atoms with Crippen molar-refractivity contribution < 1.29 is 18.9 Å². The van der Waals surface area contributed by atoms with Gasteiger partial charge in [-0.1, -0.05) is 11.6 Å². The largest absolute Gasteiger partial charge is 0.492 e. The van der Waals surface area contributed by atoms with Crippen LogP contribution < -0.4 is 14.8 Å². The molecule has 3 aliphatic rings. The fourth-order valence-corrected chi connectivity index (χ4v) is 3.61. The van der Waals surface area contributed by atoms with Crippen molar-refractivity contribution in [2.75, 3.05) is 33.5 Å². The fourth-order valence-electron chi connectivity index (χ4n) is 3.39. The lowest BCUT2D eigenvalue weighted by molar-refractivity contribution is 0.136. The molecule has 26 heavy (non-hydrogen) atoms. The van der Waals surface area contributed by atoms with Crippen LogP contribution in [0.3, 0.4) is 0 Å². The molecule has 2 aliphatic heterocycles. The van der Waals surface area contributed by atoms with Gasteiger partial charge in [-0.25, -0.2) is 0 Å². The quantitative estimate of drug-likeness (QED) is 0.699. The highest BCUT2D eigenvalue weighted by Crippen LogP contribution is 2.41. The van der Waals surface area contributed by atoms with Gasteiger partial charge in [-0.3, -0.25) is 0 Å². The molecular formula is C20H26ClNO4. The maximum absolute atomic E-state index is 6.47. The van der Waals surface area contributed by atoms with Crippen molar-refractivity contribution in [3.8, 4) is 11.5 Å². The smallest absolute Gasteiger partial charge is 0.141 e. The molecule has 1 aromatic carbocycles. The molecular weight excluding hydrogens is 354 g/mol. The summed E-state index contributed by atoms with van der Waals surface area (Å²) in [6, 6.07) is 4.44. The summed E-state index contributed by atoms with van der Waals surface area (Å²) in [6.45, 7) is 2.79. The second kappa shape index (κ2) is 8.07. The molecule has 1 saturated carbocycles. The standard InChI is InChI=1S/C20H26ClNO4/c1-23-6-2-7-25-20-11-19-15(9-16(20)21)17(22-14-3-4-14)10-18(26-19)13-5-8-24-12-13/h9-11,13-14,18,22H,2-8,12H2,1H3. The van der Waals surface area contributed by atoms with E-state index >= 15 is 0 Å². The fraction of sp³-hybridized carbons (Fsp3) is 0.600. The summed E-state index contributed by atoms with van der Waals surface area (Å²) in [6.07, 6.45) is 6.52. The molecule has 1 aromatic rings. The molecule has 1 aliphatic carbocycles. The molecule has 1 N–H and O–H groups in total. The number of fused-ring (bicyclic) bond motifs is 1. The van der Waals surface area contributed by atoms with Crippen molar-refractivity contribution in [3.63, 3.8) is 0 Å². The average molecular weight is 380 g/mol. The number of hydrogen-bond acceptors (Lipinski definition) is 5. The molecule has 2 atom stereocenters. The maximum Gasteiger partial charge on any atom is 0.141 e. The first-order chi connectivity index (χ1) is 12.7. The highest BCUT2D eigenvalue weighted by atomic mass is 35.5. The summed E-state index contributed by atoms with van der Waals surface area (Å²) in [5.41, 5.74) is 2.14. The molecule has 4 rings (SSSR count). The number of nitrogens with one attached hydrogen (secondary N) is 1. The SMILES string of the molecule is COCCCOc1cc2c(cc1Cl)C(NC1CC1)=CC(C1CCOC1)O2. The van der Waals surface area contributed by atoms with Gasteiger partial charge in [0, 0.05) is 56.0 Å². The van der Waals surface area contributed by atoms with Gasteiger partial charge < -0.3 is 24.3 Å². The Hall–Kier alpha value is -1.43. The lowest BCUT2D eigenvalue weighted by Gasteiger charge is -2.30. The van der Waals surface area contributed by atoms with Gasteiger partial charge in [-0.15, -0.1) is 0 Å². The van der Waals surface area contributed by atoms with Crippen molar-refractivity contribution in [1.29, 1.82) is 0 Å². The van der Waals surface area contributed by atoms with Gasteiger partial charge in [0.05, 0.1) is 18.2 Å². The van der Waals surface area contributed by atoms with Gasteiger partial charge in [0.25, 0.3) is 0 Å². The van der Waals surface area contributed by atoms with Gasteiger partial charge in [-0.2, -0.15) is 0 Å². The molecule has 2 fully saturated rings. The molecule has 142 valence electrons. The summed E-state index contributed by atoms with van der Waals surface area (Å²) in [7, 11) is 1.69. The van der Waals surface area contributed by atoms with Gasteiger partial charge in [-0.05, 0) is 31.4 Å². The summed E-state index contributed by atoms with van der Waals surface area (Å²) in [4.78, 5) is 0. The van der Waals surface area contributed by atoms with Crippen LogP contribution in [-0.2, 0) is 9.47 Å². The molecule has 0 radical (unpaired) electrons. The third-order valence-corrected chi connectivity index (χ3v) is 5.33. The third kappa shape index (κ3) is 4.11. The zero-order chi connectivity index (χ0) is 17.9. The van der Waals surface area contributed by atoms with E-state index in [1.165, 1.54) is 12.8 Å². The average Bonchev–Trinajstić information content (AvgIpc) is 3.28. The summed E-state index contributed by atoms with van der Waals surface area (Å²) >= 11 is 6.47. The normalized spacial score (nSPS) is 24.6. The second-order valence-electron chi connectivity index (χ2n) is 7.18. The lowest BCUT2D eigenvalue weighted by Crippen LogP contribution is -2.31. The van der Waals surface area contributed by atoms with Crippen molar-refractivity contribution in [3.05, 3.63) is 28.8 Å². The van der Waals surface area contributed by atoms with Crippen molar-refractivity contribution in [2.45, 2.75) is 37.8 Å². The predicted molar refractivity (Wildman–Crippen MR) is 101 cm³/mol. The van der Waals surface area contributed by atoms with E-state index in [0.717, 1.165) is 43.1 Å². The molecule has 0 bridgehead atoms. The summed E-state index contributed by atoms with van der Waals surface area (Å²) in [5, 5.41) is 4.24. The van der Waals surface area contributed by atoms with Gasteiger partial charge in [0.2, 0.25) is 0 Å². The Balaban J connectivity index is 1.56. The van der Waals surface area contributed by atoms with Crippen molar-refractivity contribution in [1.82, 2.24) is 5.32 Å². The number of halogens is 1. The molecule has 5 nitrogen and oxygen atoms in total. The van der Waals surface area contributed by atoms with E-state index < -0.39 is 0 Å². The molecule has 0 spiro atoms. The number of ether oxygens (including phenoxy) is 4. The zero-order valence-corrected chi connectivity index (χ0v) is 15.9. The number of hydrogen-bond donors (Lipinski definition) is 1. The van der Waals surface area contributed by atoms with E-state index in [4.69, 9.17) is 30.5 Å². The van der Waals surface area contributed by atoms with Gasteiger partial charge in [0.15, 0.2) is 0 Å². The van der Waals surface area contributed by atoms with E-state index in [1.807, 2.05) is 12.1 Å². The van der Waals surface area contributed by atoms with E-state index in [-0.39, 0.29) is 6.10 Å². The zero-order valence-electron chi connectivity index (χ0n) is 15.1. The molecule has 6 heteroatoms. The van der Waals surface area contributed by atoms with Crippen LogP contribution in [0.5, 0.6) is 11.5 Å². The van der Waals surface area contributed by atoms with Crippen LogP contribution in [0, 0.1) is 5.92 Å². The van der Waals surface area contributed by atoms with E-state index in [9.17, 15) is 0 Å². The van der Waals surface area contributed by atoms with E-state index in [1.54, 1.807) is 7.11 Å². The maximum atomic E-state index is 6.47. The van der Waals surface area contributed by atoms with Crippen molar-refractivity contribution in [2.24, 2.45) is 5.92 Å². The molecule has 0 aromatic heterocycles. The minimum absolute atomic E-state index is 0.0220. The van der Waals surface area contributed by atoms with E-state index in [0.29, 0.717) is 35.9 Å². The van der Waals surface area contributed by atoms with Crippen LogP contribution in [0.1, 0.15) is 31.2 Å². The van der Waals surface area contributed by atoms with Crippen LogP contribution in [0.15, 0.2) is 18.2 Å². The second-order valence-corrected chi connectivity index (χ2v) is 7.59. The van der Waals surface area contributed by atoms with Crippen LogP contribution in [0.2, 0.25) is 5.02 Å². The predicted octanol–water partition coefficient (Wildman–Crippen LogP) is 3.65. The first-order valence-corrected chi connectivity index (χ1v) is 9.81. The molecule has 2 unspecified atom stereocenters. The topological polar surface area (TPSA) is 49.0 Å². The molecule has 1 saturated heterocycles. The Morgan fingerprint density at radius 2 is 2.12 bits per heavy atom. The Morgan fingerprint density at radius 3 is 2.85 bits per heavy atom. The molecule has 2 heterocycles. The minimum Gasteiger partial charge on any atom is -0.492 e. The third-order valence-electron chi connectivity index (χ3n) is 5.04. The first kappa shape index (κ1) is 18.0. The minimum atomic E-state index is 0.0220. The number of rotatable bonds is 8. The summed E-state index contributed by atoms with van der Waals surface area (Å²) < 4.78 is 22.8. The Labute approximate surface area is 159 Å². The lowest BCUT2D eigenvalue weighted by atomic mass is 9.96. The van der Waals surface area contributed by atoms with Crippen LogP contribution in [0.25, 0.3) is 5.70 Å². The van der Waals surface area contributed by atoms with Crippen LogP contribution >= 0.6 is 11.6 Å². The monoisotopic (exact) mass is 379 g/mol. The van der Waals surface area contributed by atoms with Crippen molar-refractivity contribution >= 4 is 17.3 Å². The highest BCUT2D eigenvalue weighted by molar-refractivity contribution is 6.32. The van der Waals surface area contributed by atoms with Gasteiger partial charge >= 0.3 is 0 Å². The number of benzene rings is 1. The van der Waals surface area contributed by atoms with Crippen LogP contribution in [0.4, 0.5) is 0 Å². The number of methoxy groups -OCH3 is 1. The highest BCUT2D eigenvalue weighted by Gasteiger charge is 2.33. The first-order valence-electron chi connectivity index (χ1n) is 9.43. The van der Waals surface area contributed by atoms with Crippen LogP contribution in [-0.4, -0.2) is 45.7 Å². The molecule has 0 amide bonds.